The number of hydrogen-bond acceptors (Lipinski definition) is 4. The van der Waals surface area contributed by atoms with E-state index >= 15 is 0 Å². The molecular weight excluding hydrogens is 206 g/mol. The monoisotopic (exact) mass is 221 g/mol. The Morgan fingerprint density at radius 2 is 2.25 bits per heavy atom. The number of likely N-dealkylation sites (tertiary alicyclic amines) is 1. The number of rotatable bonds is 3. The van der Waals surface area contributed by atoms with E-state index in [1.807, 2.05) is 0 Å². The highest BCUT2D eigenvalue weighted by atomic mass is 16.4. The number of carboxylic acid groups (broad SMARTS) is 1. The first kappa shape index (κ1) is 11.0. The molecule has 5 nitrogen and oxygen atoms in total. The number of aliphatic carboxylic acids is 1. The van der Waals surface area contributed by atoms with E-state index in [0.717, 1.165) is 12.4 Å². The maximum atomic E-state index is 11.1. The van der Waals surface area contributed by atoms with Crippen molar-refractivity contribution in [1.82, 2.24) is 14.9 Å². The molecule has 0 aromatic carbocycles. The lowest BCUT2D eigenvalue weighted by molar-refractivity contribution is -0.147. The van der Waals surface area contributed by atoms with Gasteiger partial charge in [-0.25, -0.2) is 9.97 Å². The summed E-state index contributed by atoms with van der Waals surface area (Å²) in [5, 5.41) is 9.10. The topological polar surface area (TPSA) is 66.3 Å². The van der Waals surface area contributed by atoms with Gasteiger partial charge in [-0.1, -0.05) is 0 Å². The first-order valence-corrected chi connectivity index (χ1v) is 5.32. The third kappa shape index (κ3) is 2.19. The average molecular weight is 221 g/mol. The fraction of sp³-hybridized carbons (Fsp3) is 0.545. The Hall–Kier alpha value is -1.49. The molecule has 1 fully saturated rings. The van der Waals surface area contributed by atoms with Crippen LogP contribution >= 0.6 is 0 Å². The highest BCUT2D eigenvalue weighted by Crippen LogP contribution is 2.30. The van der Waals surface area contributed by atoms with Crippen molar-refractivity contribution in [3.05, 3.63) is 24.3 Å². The lowest BCUT2D eigenvalue weighted by atomic mass is 9.90. The Kier molecular flexibility index (Phi) is 2.87. The van der Waals surface area contributed by atoms with E-state index in [1.54, 1.807) is 25.4 Å². The van der Waals surface area contributed by atoms with Crippen LogP contribution in [0, 0.1) is 5.41 Å². The molecule has 0 saturated carbocycles. The van der Waals surface area contributed by atoms with Gasteiger partial charge in [-0.3, -0.25) is 9.69 Å². The Bertz CT molecular complexity index is 382. The minimum Gasteiger partial charge on any atom is -0.481 e. The van der Waals surface area contributed by atoms with E-state index in [-0.39, 0.29) is 0 Å². The summed E-state index contributed by atoms with van der Waals surface area (Å²) in [5.74, 6) is 0.0288. The lowest BCUT2D eigenvalue weighted by Gasteiger charge is -2.19. The van der Waals surface area contributed by atoms with Gasteiger partial charge in [0, 0.05) is 18.9 Å². The molecule has 1 aliphatic rings. The van der Waals surface area contributed by atoms with Crippen LogP contribution in [0.5, 0.6) is 0 Å². The summed E-state index contributed by atoms with van der Waals surface area (Å²) >= 11 is 0. The lowest BCUT2D eigenvalue weighted by Crippen LogP contribution is -2.31. The number of hydrogen-bond donors (Lipinski definition) is 1. The molecule has 5 heteroatoms. The van der Waals surface area contributed by atoms with Crippen molar-refractivity contribution >= 4 is 5.97 Å². The summed E-state index contributed by atoms with van der Waals surface area (Å²) in [5.41, 5.74) is -0.616. The summed E-state index contributed by atoms with van der Waals surface area (Å²) in [4.78, 5) is 21.4. The van der Waals surface area contributed by atoms with Gasteiger partial charge in [-0.15, -0.1) is 0 Å². The van der Waals surface area contributed by atoms with E-state index in [4.69, 9.17) is 5.11 Å². The molecule has 1 N–H and O–H groups in total. The second-order valence-corrected chi connectivity index (χ2v) is 4.49. The smallest absolute Gasteiger partial charge is 0.310 e. The number of carboxylic acids is 1. The fourth-order valence-electron chi connectivity index (χ4n) is 1.98. The molecule has 2 rings (SSSR count). The van der Waals surface area contributed by atoms with Crippen molar-refractivity contribution in [2.75, 3.05) is 13.1 Å². The molecule has 16 heavy (non-hydrogen) atoms. The molecule has 0 bridgehead atoms. The van der Waals surface area contributed by atoms with Crippen molar-refractivity contribution in [3.63, 3.8) is 0 Å². The molecule has 86 valence electrons. The van der Waals surface area contributed by atoms with E-state index in [1.165, 1.54) is 0 Å². The first-order valence-electron chi connectivity index (χ1n) is 5.32. The summed E-state index contributed by atoms with van der Waals surface area (Å²) in [7, 11) is 0. The Labute approximate surface area is 94.1 Å². The van der Waals surface area contributed by atoms with Gasteiger partial charge in [0.25, 0.3) is 0 Å². The molecule has 0 radical (unpaired) electrons. The normalized spacial score (nSPS) is 25.8. The third-order valence-electron chi connectivity index (χ3n) is 3.05. The van der Waals surface area contributed by atoms with E-state index in [9.17, 15) is 4.79 Å². The maximum Gasteiger partial charge on any atom is 0.310 e. The summed E-state index contributed by atoms with van der Waals surface area (Å²) in [6, 6.07) is 1.77. The van der Waals surface area contributed by atoms with Gasteiger partial charge in [-0.05, 0) is 26.0 Å². The van der Waals surface area contributed by atoms with Gasteiger partial charge in [0.05, 0.1) is 12.0 Å². The highest BCUT2D eigenvalue weighted by molar-refractivity contribution is 5.74. The van der Waals surface area contributed by atoms with Gasteiger partial charge >= 0.3 is 5.97 Å². The van der Waals surface area contributed by atoms with Gasteiger partial charge in [0.1, 0.15) is 5.82 Å². The standard InChI is InChI=1S/C11H15N3O2/c1-11(10(15)16)3-6-14(8-11)7-9-12-4-2-5-13-9/h2,4-5H,3,6-8H2,1H3,(H,15,16). The Morgan fingerprint density at radius 3 is 2.81 bits per heavy atom. The van der Waals surface area contributed by atoms with Gasteiger partial charge in [0.15, 0.2) is 0 Å². The predicted molar refractivity (Wildman–Crippen MR) is 57.7 cm³/mol. The molecule has 1 atom stereocenters. The molecule has 2 heterocycles. The van der Waals surface area contributed by atoms with Crippen LogP contribution in [0.1, 0.15) is 19.2 Å². The van der Waals surface area contributed by atoms with Crippen LogP contribution in [-0.2, 0) is 11.3 Å². The zero-order chi connectivity index (χ0) is 11.6. The van der Waals surface area contributed by atoms with Crippen LogP contribution in [0.25, 0.3) is 0 Å². The predicted octanol–water partition coefficient (Wildman–Crippen LogP) is 0.773. The van der Waals surface area contributed by atoms with Crippen molar-refractivity contribution in [1.29, 1.82) is 0 Å². The number of nitrogens with zero attached hydrogens (tertiary/aromatic N) is 3. The van der Waals surface area contributed by atoms with Gasteiger partial charge in [0.2, 0.25) is 0 Å². The molecule has 1 aromatic rings. The van der Waals surface area contributed by atoms with E-state index in [2.05, 4.69) is 14.9 Å². The van der Waals surface area contributed by atoms with Crippen LogP contribution < -0.4 is 0 Å². The maximum absolute atomic E-state index is 11.1. The van der Waals surface area contributed by atoms with E-state index in [0.29, 0.717) is 19.5 Å². The number of carbonyl (C=O) groups is 1. The molecule has 1 aromatic heterocycles. The summed E-state index contributed by atoms with van der Waals surface area (Å²) in [6.07, 6.45) is 4.10. The molecule has 0 spiro atoms. The highest BCUT2D eigenvalue weighted by Gasteiger charge is 2.40. The third-order valence-corrected chi connectivity index (χ3v) is 3.05. The fourth-order valence-corrected chi connectivity index (χ4v) is 1.98. The van der Waals surface area contributed by atoms with E-state index < -0.39 is 11.4 Å². The minimum absolute atomic E-state index is 0.570. The average Bonchev–Trinajstić information content (AvgIpc) is 2.63. The zero-order valence-electron chi connectivity index (χ0n) is 9.26. The Balaban J connectivity index is 1.98. The van der Waals surface area contributed by atoms with Crippen LogP contribution in [0.3, 0.4) is 0 Å². The zero-order valence-corrected chi connectivity index (χ0v) is 9.26. The molecule has 1 saturated heterocycles. The van der Waals surface area contributed by atoms with Crippen LogP contribution in [0.15, 0.2) is 18.5 Å². The largest absolute Gasteiger partial charge is 0.481 e. The number of aromatic nitrogens is 2. The molecule has 0 amide bonds. The van der Waals surface area contributed by atoms with Crippen molar-refractivity contribution in [2.45, 2.75) is 19.9 Å². The summed E-state index contributed by atoms with van der Waals surface area (Å²) < 4.78 is 0. The Morgan fingerprint density at radius 1 is 1.56 bits per heavy atom. The first-order chi connectivity index (χ1) is 7.60. The van der Waals surface area contributed by atoms with Crippen LogP contribution in [0.4, 0.5) is 0 Å². The molecular formula is C11H15N3O2. The molecule has 0 aliphatic carbocycles. The second-order valence-electron chi connectivity index (χ2n) is 4.49. The summed E-state index contributed by atoms with van der Waals surface area (Å²) in [6.45, 7) is 3.78. The molecule has 1 unspecified atom stereocenters. The second kappa shape index (κ2) is 4.17. The quantitative estimate of drug-likeness (QED) is 0.816. The molecule has 1 aliphatic heterocycles. The van der Waals surface area contributed by atoms with Gasteiger partial charge in [-0.2, -0.15) is 0 Å². The van der Waals surface area contributed by atoms with Crippen molar-refractivity contribution in [3.8, 4) is 0 Å². The SMILES string of the molecule is CC1(C(=O)O)CCN(Cc2ncccn2)C1. The van der Waals surface area contributed by atoms with Crippen LogP contribution in [0.2, 0.25) is 0 Å². The van der Waals surface area contributed by atoms with Crippen LogP contribution in [-0.4, -0.2) is 39.0 Å². The van der Waals surface area contributed by atoms with Crippen molar-refractivity contribution < 1.29 is 9.90 Å². The van der Waals surface area contributed by atoms with Gasteiger partial charge < -0.3 is 5.11 Å². The van der Waals surface area contributed by atoms with Crippen molar-refractivity contribution in [2.24, 2.45) is 5.41 Å². The minimum atomic E-state index is -0.719.